The summed E-state index contributed by atoms with van der Waals surface area (Å²) in [6, 6.07) is 4.84. The summed E-state index contributed by atoms with van der Waals surface area (Å²) in [5.41, 5.74) is 0.547. The fourth-order valence-electron chi connectivity index (χ4n) is 4.19. The summed E-state index contributed by atoms with van der Waals surface area (Å²) in [4.78, 5) is 12.2. The molecule has 0 aromatic heterocycles. The molecule has 8 heteroatoms. The van der Waals surface area contributed by atoms with Crippen molar-refractivity contribution in [2.24, 2.45) is 11.3 Å². The molecular weight excluding hydrogens is 368 g/mol. The summed E-state index contributed by atoms with van der Waals surface area (Å²) in [6.45, 7) is 6.70. The minimum atomic E-state index is -3.45. The highest BCUT2D eigenvalue weighted by Gasteiger charge is 2.33. The maximum absolute atomic E-state index is 12.4. The topological polar surface area (TPSA) is 93.7 Å². The lowest BCUT2D eigenvalue weighted by molar-refractivity contribution is 0.0955. The van der Waals surface area contributed by atoms with E-state index in [0.29, 0.717) is 23.0 Å². The van der Waals surface area contributed by atoms with E-state index in [9.17, 15) is 13.2 Å². The van der Waals surface area contributed by atoms with Crippen molar-refractivity contribution < 1.29 is 22.7 Å². The molecule has 0 radical (unpaired) electrons. The van der Waals surface area contributed by atoms with Crippen LogP contribution in [0.15, 0.2) is 18.2 Å². The Labute approximate surface area is 160 Å². The summed E-state index contributed by atoms with van der Waals surface area (Å²) < 4.78 is 38.1. The molecule has 0 saturated heterocycles. The van der Waals surface area contributed by atoms with E-state index in [1.807, 2.05) is 0 Å². The van der Waals surface area contributed by atoms with Gasteiger partial charge in [0.2, 0.25) is 16.8 Å². The molecule has 1 fully saturated rings. The summed E-state index contributed by atoms with van der Waals surface area (Å²) in [5.74, 6) is 1.13. The van der Waals surface area contributed by atoms with Crippen molar-refractivity contribution in [3.05, 3.63) is 23.8 Å². The molecule has 1 saturated carbocycles. The summed E-state index contributed by atoms with van der Waals surface area (Å²) in [5, 5.41) is 2.65. The first kappa shape index (κ1) is 19.9. The van der Waals surface area contributed by atoms with Crippen LogP contribution in [0.1, 0.15) is 50.4 Å². The molecule has 1 aromatic carbocycles. The number of amides is 1. The van der Waals surface area contributed by atoms with Gasteiger partial charge in [0.1, 0.15) is 0 Å². The highest BCUT2D eigenvalue weighted by atomic mass is 32.2. The lowest BCUT2D eigenvalue weighted by Gasteiger charge is -2.39. The molecule has 7 nitrogen and oxygen atoms in total. The van der Waals surface area contributed by atoms with Crippen LogP contribution < -0.4 is 19.5 Å². The predicted molar refractivity (Wildman–Crippen MR) is 102 cm³/mol. The van der Waals surface area contributed by atoms with Crippen molar-refractivity contribution in [3.8, 4) is 11.5 Å². The quantitative estimate of drug-likeness (QED) is 0.769. The SMILES string of the molecule is C[C@H]1C[C@@H](NS(=O)(=O)CCNC(=O)c2ccc3c(c2)OCO3)CC(C)(C)C1. The molecule has 2 N–H and O–H groups in total. The predicted octanol–water partition coefficient (Wildman–Crippen LogP) is 2.28. The third kappa shape index (κ3) is 5.35. The van der Waals surface area contributed by atoms with Crippen molar-refractivity contribution in [1.29, 1.82) is 0 Å². The molecule has 2 atom stereocenters. The normalized spacial score (nSPS) is 23.8. The summed E-state index contributed by atoms with van der Waals surface area (Å²) in [7, 11) is -3.45. The molecule has 1 heterocycles. The van der Waals surface area contributed by atoms with Crippen LogP contribution in [-0.2, 0) is 10.0 Å². The monoisotopic (exact) mass is 396 g/mol. The molecule has 1 aliphatic carbocycles. The molecule has 0 bridgehead atoms. The lowest BCUT2D eigenvalue weighted by Crippen LogP contribution is -2.45. The van der Waals surface area contributed by atoms with E-state index in [0.717, 1.165) is 19.3 Å². The number of sulfonamides is 1. The van der Waals surface area contributed by atoms with Crippen LogP contribution in [0.2, 0.25) is 0 Å². The largest absolute Gasteiger partial charge is 0.454 e. The van der Waals surface area contributed by atoms with Crippen molar-refractivity contribution in [2.75, 3.05) is 19.1 Å². The van der Waals surface area contributed by atoms with E-state index in [1.165, 1.54) is 0 Å². The first-order valence-electron chi connectivity index (χ1n) is 9.31. The first-order valence-corrected chi connectivity index (χ1v) is 11.0. The van der Waals surface area contributed by atoms with Crippen LogP contribution in [-0.4, -0.2) is 39.5 Å². The van der Waals surface area contributed by atoms with Gasteiger partial charge in [0, 0.05) is 18.2 Å². The van der Waals surface area contributed by atoms with Gasteiger partial charge < -0.3 is 14.8 Å². The zero-order valence-corrected chi connectivity index (χ0v) is 16.9. The van der Waals surface area contributed by atoms with Crippen molar-refractivity contribution >= 4 is 15.9 Å². The Hall–Kier alpha value is -1.80. The van der Waals surface area contributed by atoms with E-state index in [-0.39, 0.29) is 36.5 Å². The number of rotatable bonds is 6. The molecule has 3 rings (SSSR count). The second kappa shape index (κ2) is 7.67. The van der Waals surface area contributed by atoms with Crippen LogP contribution in [0.4, 0.5) is 0 Å². The number of carbonyl (C=O) groups is 1. The number of ether oxygens (including phenoxy) is 2. The Bertz CT molecular complexity index is 806. The van der Waals surface area contributed by atoms with Crippen LogP contribution >= 0.6 is 0 Å². The molecule has 150 valence electrons. The maximum atomic E-state index is 12.4. The number of benzene rings is 1. The highest BCUT2D eigenvalue weighted by molar-refractivity contribution is 7.89. The Morgan fingerprint density at radius 3 is 2.70 bits per heavy atom. The molecule has 27 heavy (non-hydrogen) atoms. The van der Waals surface area contributed by atoms with Crippen LogP contribution in [0.25, 0.3) is 0 Å². The number of carbonyl (C=O) groups excluding carboxylic acids is 1. The molecule has 1 aliphatic heterocycles. The third-order valence-electron chi connectivity index (χ3n) is 5.02. The Morgan fingerprint density at radius 2 is 1.96 bits per heavy atom. The van der Waals surface area contributed by atoms with E-state index in [2.05, 4.69) is 30.8 Å². The molecule has 0 spiro atoms. The van der Waals surface area contributed by atoms with Gasteiger partial charge in [0.05, 0.1) is 5.75 Å². The van der Waals surface area contributed by atoms with Crippen molar-refractivity contribution in [3.63, 3.8) is 0 Å². The Kier molecular flexibility index (Phi) is 5.67. The maximum Gasteiger partial charge on any atom is 0.251 e. The van der Waals surface area contributed by atoms with Crippen LogP contribution in [0.5, 0.6) is 11.5 Å². The zero-order chi connectivity index (χ0) is 19.7. The fraction of sp³-hybridized carbons (Fsp3) is 0.632. The van der Waals surface area contributed by atoms with Crippen molar-refractivity contribution in [1.82, 2.24) is 10.0 Å². The summed E-state index contributed by atoms with van der Waals surface area (Å²) in [6.07, 6.45) is 2.79. The highest BCUT2D eigenvalue weighted by Crippen LogP contribution is 2.38. The average molecular weight is 397 g/mol. The van der Waals surface area contributed by atoms with Crippen LogP contribution in [0.3, 0.4) is 0 Å². The van der Waals surface area contributed by atoms with E-state index < -0.39 is 10.0 Å². The first-order chi connectivity index (χ1) is 12.6. The molecule has 0 unspecified atom stereocenters. The van der Waals surface area contributed by atoms with Gasteiger partial charge in [-0.3, -0.25) is 4.79 Å². The van der Waals surface area contributed by atoms with Gasteiger partial charge in [0.15, 0.2) is 11.5 Å². The Balaban J connectivity index is 1.49. The van der Waals surface area contributed by atoms with Gasteiger partial charge in [0.25, 0.3) is 5.91 Å². The van der Waals surface area contributed by atoms with E-state index in [1.54, 1.807) is 18.2 Å². The van der Waals surface area contributed by atoms with Gasteiger partial charge in [-0.05, 0) is 48.8 Å². The zero-order valence-electron chi connectivity index (χ0n) is 16.1. The standard InChI is InChI=1S/C19H28N2O5S/c1-13-8-15(11-19(2,3)10-13)21-27(23,24)7-6-20-18(22)14-4-5-16-17(9-14)26-12-25-16/h4-5,9,13,15,21H,6-8,10-12H2,1-3H3,(H,20,22)/t13-,15+/m0/s1. The van der Waals surface area contributed by atoms with E-state index in [4.69, 9.17) is 9.47 Å². The number of hydrogen-bond donors (Lipinski definition) is 2. The minimum Gasteiger partial charge on any atom is -0.454 e. The molecule has 2 aliphatic rings. The number of nitrogens with one attached hydrogen (secondary N) is 2. The average Bonchev–Trinajstić information content (AvgIpc) is 2.99. The van der Waals surface area contributed by atoms with Gasteiger partial charge in [-0.1, -0.05) is 20.8 Å². The summed E-state index contributed by atoms with van der Waals surface area (Å²) >= 11 is 0. The fourth-order valence-corrected chi connectivity index (χ4v) is 5.36. The number of fused-ring (bicyclic) bond motifs is 1. The van der Waals surface area contributed by atoms with Gasteiger partial charge in [-0.15, -0.1) is 0 Å². The van der Waals surface area contributed by atoms with Gasteiger partial charge in [-0.2, -0.15) is 0 Å². The van der Waals surface area contributed by atoms with Gasteiger partial charge >= 0.3 is 0 Å². The third-order valence-corrected chi connectivity index (χ3v) is 6.46. The van der Waals surface area contributed by atoms with Gasteiger partial charge in [-0.25, -0.2) is 13.1 Å². The second-order valence-corrected chi connectivity index (χ2v) is 10.2. The number of hydrogen-bond acceptors (Lipinski definition) is 5. The molecule has 1 aromatic rings. The minimum absolute atomic E-state index is 0.0432. The molecular formula is C19H28N2O5S. The Morgan fingerprint density at radius 1 is 1.22 bits per heavy atom. The van der Waals surface area contributed by atoms with E-state index >= 15 is 0 Å². The van der Waals surface area contributed by atoms with Crippen LogP contribution in [0, 0.1) is 11.3 Å². The second-order valence-electron chi connectivity index (χ2n) is 8.37. The lowest BCUT2D eigenvalue weighted by atomic mass is 9.71. The smallest absolute Gasteiger partial charge is 0.251 e. The van der Waals surface area contributed by atoms with Crippen molar-refractivity contribution in [2.45, 2.75) is 46.1 Å². The molecule has 1 amide bonds.